The monoisotopic (exact) mass is 550 g/mol. The van der Waals surface area contributed by atoms with Gasteiger partial charge < -0.3 is 29.1 Å². The van der Waals surface area contributed by atoms with Gasteiger partial charge in [-0.3, -0.25) is 0 Å². The van der Waals surface area contributed by atoms with Gasteiger partial charge in [-0.15, -0.1) is 0 Å². The largest absolute Gasteiger partial charge is 0.508 e. The molecule has 1 aliphatic carbocycles. The Hall–Kier alpha value is -3.29. The summed E-state index contributed by atoms with van der Waals surface area (Å²) in [6, 6.07) is 17.5. The molecule has 0 spiro atoms. The fraction of sp³-hybridized carbons (Fsp3) is 0.455. The zero-order valence-electron chi connectivity index (χ0n) is 24.5. The van der Waals surface area contributed by atoms with Crippen LogP contribution >= 0.6 is 0 Å². The molecule has 40 heavy (non-hydrogen) atoms. The van der Waals surface area contributed by atoms with E-state index in [1.807, 2.05) is 31.3 Å². The average Bonchev–Trinajstić information content (AvgIpc) is 2.95. The van der Waals surface area contributed by atoms with Crippen LogP contribution in [0.25, 0.3) is 0 Å². The molecule has 0 aromatic heterocycles. The predicted molar refractivity (Wildman–Crippen MR) is 158 cm³/mol. The molecule has 1 atom stereocenters. The zero-order chi connectivity index (χ0) is 28.6. The summed E-state index contributed by atoms with van der Waals surface area (Å²) in [5.41, 5.74) is 5.78. The first kappa shape index (κ1) is 29.7. The number of fused-ring (bicyclic) bond motifs is 1. The maximum atomic E-state index is 15.1. The van der Waals surface area contributed by atoms with E-state index < -0.39 is 0 Å². The van der Waals surface area contributed by atoms with Gasteiger partial charge in [0.05, 0.1) is 13.7 Å². The van der Waals surface area contributed by atoms with Gasteiger partial charge in [0, 0.05) is 44.5 Å². The number of likely N-dealkylation sites (N-methyl/N-ethyl adjacent to an activating group) is 1. The first-order valence-corrected chi connectivity index (χ1v) is 14.1. The van der Waals surface area contributed by atoms with Gasteiger partial charge in [-0.1, -0.05) is 18.2 Å². The third kappa shape index (κ3) is 7.46. The van der Waals surface area contributed by atoms with Crippen molar-refractivity contribution >= 4 is 5.69 Å². The van der Waals surface area contributed by atoms with Crippen molar-refractivity contribution in [1.82, 2.24) is 4.90 Å². The molecule has 0 radical (unpaired) electrons. The standard InChI is InChI=1S/C33H43FN2O4/c1-23(2)36(22-24-6-13-33(31(34)18-24)40-17-15-35(3)14-16-38-4)32-21-29(39-5)11-12-30(32)27-8-7-26-20-28(37)10-9-25(26)19-27/h6,9-13,18,20-21,23,27,37H,7-8,14-17,19,22H2,1-5H3/t27-/m0/s1. The van der Waals surface area contributed by atoms with Crippen LogP contribution in [0.5, 0.6) is 17.2 Å². The van der Waals surface area contributed by atoms with Crippen molar-refractivity contribution in [1.29, 1.82) is 0 Å². The lowest BCUT2D eigenvalue weighted by Gasteiger charge is -2.35. The molecule has 4 rings (SSSR count). The maximum absolute atomic E-state index is 15.1. The summed E-state index contributed by atoms with van der Waals surface area (Å²) in [7, 11) is 5.36. The van der Waals surface area contributed by atoms with E-state index in [4.69, 9.17) is 14.2 Å². The number of halogens is 1. The molecule has 0 saturated heterocycles. The Kier molecular flexibility index (Phi) is 10.3. The Morgan fingerprint density at radius 3 is 2.50 bits per heavy atom. The van der Waals surface area contributed by atoms with Crippen LogP contribution in [0, 0.1) is 5.82 Å². The predicted octanol–water partition coefficient (Wildman–Crippen LogP) is 6.18. The molecule has 0 aliphatic heterocycles. The van der Waals surface area contributed by atoms with Crippen molar-refractivity contribution in [2.24, 2.45) is 0 Å². The van der Waals surface area contributed by atoms with E-state index in [-0.39, 0.29) is 17.6 Å². The van der Waals surface area contributed by atoms with E-state index in [1.54, 1.807) is 32.4 Å². The first-order chi connectivity index (χ1) is 19.3. The van der Waals surface area contributed by atoms with Crippen LogP contribution in [0.1, 0.15) is 48.4 Å². The Balaban J connectivity index is 1.53. The highest BCUT2D eigenvalue weighted by molar-refractivity contribution is 5.60. The van der Waals surface area contributed by atoms with Crippen molar-refractivity contribution in [3.8, 4) is 17.2 Å². The molecule has 1 N–H and O–H groups in total. The molecular weight excluding hydrogens is 507 g/mol. The zero-order valence-corrected chi connectivity index (χ0v) is 24.5. The quantitative estimate of drug-likeness (QED) is 0.274. The van der Waals surface area contributed by atoms with E-state index in [0.29, 0.717) is 38.0 Å². The summed E-state index contributed by atoms with van der Waals surface area (Å²) in [6.45, 7) is 7.44. The molecule has 6 nitrogen and oxygen atoms in total. The van der Waals surface area contributed by atoms with Crippen LogP contribution in [-0.2, 0) is 24.1 Å². The fourth-order valence-electron chi connectivity index (χ4n) is 5.42. The smallest absolute Gasteiger partial charge is 0.165 e. The number of nitrogens with zero attached hydrogens (tertiary/aromatic N) is 2. The van der Waals surface area contributed by atoms with Crippen LogP contribution in [-0.4, -0.2) is 63.6 Å². The minimum Gasteiger partial charge on any atom is -0.508 e. The van der Waals surface area contributed by atoms with Gasteiger partial charge in [0.25, 0.3) is 0 Å². The highest BCUT2D eigenvalue weighted by Crippen LogP contribution is 2.40. The number of aryl methyl sites for hydroxylation is 1. The van der Waals surface area contributed by atoms with Crippen LogP contribution < -0.4 is 14.4 Å². The third-order valence-electron chi connectivity index (χ3n) is 7.79. The van der Waals surface area contributed by atoms with Crippen molar-refractivity contribution in [3.05, 3.63) is 82.7 Å². The molecule has 7 heteroatoms. The van der Waals surface area contributed by atoms with Crippen LogP contribution in [0.15, 0.2) is 54.6 Å². The number of rotatable bonds is 13. The summed E-state index contributed by atoms with van der Waals surface area (Å²) < 4.78 is 31.5. The van der Waals surface area contributed by atoms with E-state index in [2.05, 4.69) is 35.8 Å². The lowest BCUT2D eigenvalue weighted by molar-refractivity contribution is 0.149. The van der Waals surface area contributed by atoms with Crippen LogP contribution in [0.4, 0.5) is 10.1 Å². The Morgan fingerprint density at radius 1 is 0.975 bits per heavy atom. The number of anilines is 1. The van der Waals surface area contributed by atoms with Gasteiger partial charge in [-0.05, 0) is 98.7 Å². The molecule has 0 saturated carbocycles. The third-order valence-corrected chi connectivity index (χ3v) is 7.79. The number of methoxy groups -OCH3 is 2. The van der Waals surface area contributed by atoms with Gasteiger partial charge in [0.15, 0.2) is 11.6 Å². The molecule has 0 amide bonds. The highest BCUT2D eigenvalue weighted by atomic mass is 19.1. The lowest BCUT2D eigenvalue weighted by atomic mass is 9.79. The summed E-state index contributed by atoms with van der Waals surface area (Å²) in [5.74, 6) is 1.39. The van der Waals surface area contributed by atoms with Crippen molar-refractivity contribution in [3.63, 3.8) is 0 Å². The second-order valence-corrected chi connectivity index (χ2v) is 10.9. The molecule has 0 unspecified atom stereocenters. The Labute approximate surface area is 238 Å². The summed E-state index contributed by atoms with van der Waals surface area (Å²) >= 11 is 0. The highest BCUT2D eigenvalue weighted by Gasteiger charge is 2.26. The minimum absolute atomic E-state index is 0.181. The second kappa shape index (κ2) is 13.9. The molecule has 0 bridgehead atoms. The van der Waals surface area contributed by atoms with Crippen molar-refractivity contribution in [2.75, 3.05) is 52.5 Å². The van der Waals surface area contributed by atoms with Gasteiger partial charge in [0.1, 0.15) is 18.1 Å². The number of hydrogen-bond acceptors (Lipinski definition) is 6. The second-order valence-electron chi connectivity index (χ2n) is 10.9. The van der Waals surface area contributed by atoms with Gasteiger partial charge in [0.2, 0.25) is 0 Å². The average molecular weight is 551 g/mol. The molecule has 3 aromatic rings. The van der Waals surface area contributed by atoms with Gasteiger partial charge >= 0.3 is 0 Å². The molecule has 216 valence electrons. The lowest BCUT2D eigenvalue weighted by Crippen LogP contribution is -2.32. The molecule has 0 fully saturated rings. The Bertz CT molecular complexity index is 1270. The van der Waals surface area contributed by atoms with E-state index in [9.17, 15) is 5.11 Å². The summed E-state index contributed by atoms with van der Waals surface area (Å²) in [4.78, 5) is 4.42. The number of hydrogen-bond donors (Lipinski definition) is 1. The fourth-order valence-corrected chi connectivity index (χ4v) is 5.42. The van der Waals surface area contributed by atoms with E-state index in [0.717, 1.165) is 42.8 Å². The van der Waals surface area contributed by atoms with Gasteiger partial charge in [-0.25, -0.2) is 4.39 Å². The summed E-state index contributed by atoms with van der Waals surface area (Å²) in [6.07, 6.45) is 2.85. The van der Waals surface area contributed by atoms with E-state index in [1.165, 1.54) is 16.7 Å². The maximum Gasteiger partial charge on any atom is 0.165 e. The molecule has 3 aromatic carbocycles. The number of ether oxygens (including phenoxy) is 3. The van der Waals surface area contributed by atoms with Gasteiger partial charge in [-0.2, -0.15) is 0 Å². The van der Waals surface area contributed by atoms with E-state index >= 15 is 4.39 Å². The number of phenols is 1. The number of phenolic OH excluding ortho intramolecular Hbond substituents is 1. The topological polar surface area (TPSA) is 54.4 Å². The van der Waals surface area contributed by atoms with Crippen molar-refractivity contribution in [2.45, 2.75) is 51.6 Å². The minimum atomic E-state index is -0.348. The Morgan fingerprint density at radius 2 is 1.77 bits per heavy atom. The summed E-state index contributed by atoms with van der Waals surface area (Å²) in [5, 5.41) is 9.92. The molecular formula is C33H43FN2O4. The number of aromatic hydroxyl groups is 1. The normalized spacial score (nSPS) is 14.8. The molecule has 1 aliphatic rings. The van der Waals surface area contributed by atoms with Crippen LogP contribution in [0.2, 0.25) is 0 Å². The molecule has 0 heterocycles. The SMILES string of the molecule is COCCN(C)CCOc1ccc(CN(c2cc(OC)ccc2[C@H]2CCc3cc(O)ccc3C2)C(C)C)cc1F. The van der Waals surface area contributed by atoms with Crippen LogP contribution in [0.3, 0.4) is 0 Å². The van der Waals surface area contributed by atoms with Crippen molar-refractivity contribution < 1.29 is 23.7 Å². The number of benzene rings is 3. The first-order valence-electron chi connectivity index (χ1n) is 14.1.